The highest BCUT2D eigenvalue weighted by Crippen LogP contribution is 2.52. The Labute approximate surface area is 408 Å². The van der Waals surface area contributed by atoms with Crippen molar-refractivity contribution in [3.05, 3.63) is 199 Å². The Morgan fingerprint density at radius 3 is 1.93 bits per heavy atom. The van der Waals surface area contributed by atoms with Crippen LogP contribution in [0.25, 0.3) is 55.7 Å². The highest BCUT2D eigenvalue weighted by Gasteiger charge is 2.55. The van der Waals surface area contributed by atoms with Gasteiger partial charge in [-0.3, -0.25) is 4.98 Å². The highest BCUT2D eigenvalue weighted by molar-refractivity contribution is 6.74. The summed E-state index contributed by atoms with van der Waals surface area (Å²) in [5, 5.41) is 1.41. The number of piperidine rings is 3. The molecule has 1 unspecified atom stereocenters. The number of nitrogens with zero attached hydrogens (tertiary/aromatic N) is 4. The molecule has 3 saturated heterocycles. The van der Waals surface area contributed by atoms with Gasteiger partial charge in [-0.05, 0) is 65.0 Å². The molecule has 0 radical (unpaired) electrons. The lowest BCUT2D eigenvalue weighted by molar-refractivity contribution is -0.984. The topological polar surface area (TPSA) is 57.1 Å². The predicted molar refractivity (Wildman–Crippen MR) is 282 cm³/mol. The minimum atomic E-state index is -2.30. The van der Waals surface area contributed by atoms with Crippen molar-refractivity contribution in [2.24, 2.45) is 11.8 Å². The molecule has 3 aliphatic rings. The standard InChI is InChI=1S/C60H60ClN4O2Si/c1-7-42-40-65(39-41-36-50(43-22-12-8-13-23-43)55(67-68(5,6)60(2,3)4)51(37-41)44-24-14-9-15-25-44)35-33-47(42)38-53(65)56(49-32-34-62-52-31-21-20-30-48(49)52)66-59-54(45-26-16-10-17-27-45)57(61)63-58(64-59)46-28-18-11-19-29-46/h7-32,34,36-37,42,47,53,56H,1,33,35,38-40H2,2-6H3/q+1/t42-,47-,53+,56-,65?/m0/s1. The summed E-state index contributed by atoms with van der Waals surface area (Å²) in [7, 11) is -2.30. The zero-order valence-electron chi connectivity index (χ0n) is 39.8. The Morgan fingerprint density at radius 1 is 0.750 bits per heavy atom. The monoisotopic (exact) mass is 931 g/mol. The van der Waals surface area contributed by atoms with Gasteiger partial charge in [0.25, 0.3) is 8.32 Å². The maximum absolute atomic E-state index is 7.73. The molecule has 11 rings (SSSR count). The normalized spacial score (nSPS) is 19.6. The van der Waals surface area contributed by atoms with Gasteiger partial charge >= 0.3 is 0 Å². The minimum absolute atomic E-state index is 0.000619. The minimum Gasteiger partial charge on any atom is -0.543 e. The van der Waals surface area contributed by atoms with Crippen molar-refractivity contribution in [1.82, 2.24) is 15.0 Å². The second kappa shape index (κ2) is 18.6. The van der Waals surface area contributed by atoms with E-state index >= 15 is 0 Å². The van der Waals surface area contributed by atoms with Gasteiger partial charge in [0.1, 0.15) is 23.5 Å². The van der Waals surface area contributed by atoms with Crippen molar-refractivity contribution < 1.29 is 13.6 Å². The molecule has 2 aromatic heterocycles. The Hall–Kier alpha value is -6.38. The van der Waals surface area contributed by atoms with E-state index in [1.165, 1.54) is 5.56 Å². The van der Waals surface area contributed by atoms with Crippen LogP contribution in [0.3, 0.4) is 0 Å². The van der Waals surface area contributed by atoms with E-state index in [9.17, 15) is 0 Å². The van der Waals surface area contributed by atoms with Gasteiger partial charge < -0.3 is 13.6 Å². The Balaban J connectivity index is 1.18. The quantitative estimate of drug-likeness (QED) is 0.0499. The van der Waals surface area contributed by atoms with Crippen LogP contribution in [0.15, 0.2) is 183 Å². The third kappa shape index (κ3) is 8.79. The summed E-state index contributed by atoms with van der Waals surface area (Å²) in [6, 6.07) is 57.3. The van der Waals surface area contributed by atoms with Crippen LogP contribution in [0.1, 0.15) is 50.8 Å². The first kappa shape index (κ1) is 45.4. The predicted octanol–water partition coefficient (Wildman–Crippen LogP) is 15.5. The zero-order chi connectivity index (χ0) is 47.0. The first-order valence-electron chi connectivity index (χ1n) is 24.1. The van der Waals surface area contributed by atoms with Crippen LogP contribution in [0, 0.1) is 11.8 Å². The average molecular weight is 933 g/mol. The molecule has 8 aromatic rings. The fraction of sp³-hybridized carbons (Fsp3) is 0.250. The largest absolute Gasteiger partial charge is 0.543 e. The summed E-state index contributed by atoms with van der Waals surface area (Å²) in [5.74, 6) is 2.76. The number of benzene rings is 6. The van der Waals surface area contributed by atoms with Gasteiger partial charge in [-0.2, -0.15) is 4.98 Å². The highest BCUT2D eigenvalue weighted by atomic mass is 35.5. The van der Waals surface area contributed by atoms with Crippen LogP contribution in [0.4, 0.5) is 0 Å². The zero-order valence-corrected chi connectivity index (χ0v) is 41.5. The summed E-state index contributed by atoms with van der Waals surface area (Å²) < 4.78 is 16.0. The molecule has 5 atom stereocenters. The van der Waals surface area contributed by atoms with E-state index in [0.29, 0.717) is 34.3 Å². The summed E-state index contributed by atoms with van der Waals surface area (Å²) in [4.78, 5) is 15.1. The molecular weight excluding hydrogens is 872 g/mol. The first-order valence-corrected chi connectivity index (χ1v) is 27.3. The summed E-state index contributed by atoms with van der Waals surface area (Å²) in [6.45, 7) is 18.8. The summed E-state index contributed by atoms with van der Waals surface area (Å²) in [6.07, 6.45) is 5.77. The number of aromatic nitrogens is 3. The molecular formula is C60H60ClN4O2Si+. The number of para-hydroxylation sites is 1. The number of quaternary nitrogens is 1. The number of hydrogen-bond donors (Lipinski definition) is 0. The van der Waals surface area contributed by atoms with E-state index in [2.05, 4.69) is 162 Å². The van der Waals surface area contributed by atoms with E-state index in [1.54, 1.807) is 0 Å². The lowest BCUT2D eigenvalue weighted by atomic mass is 9.71. The van der Waals surface area contributed by atoms with Crippen molar-refractivity contribution in [1.29, 1.82) is 0 Å². The third-order valence-electron chi connectivity index (χ3n) is 15.2. The van der Waals surface area contributed by atoms with Crippen molar-refractivity contribution in [2.45, 2.75) is 70.4 Å². The SMILES string of the molecule is C=C[C@H]1C[N+]2(Cc3cc(-c4ccccc4)c(O[Si](C)(C)C(C)(C)C)c(-c4ccccc4)c3)CC[C@H]1C[C@@H]2[C@@H](Oc1nc(-c2ccccc2)nc(Cl)c1-c1ccccc1)c1ccnc2ccccc12. The number of rotatable bonds is 13. The fourth-order valence-electron chi connectivity index (χ4n) is 10.6. The van der Waals surface area contributed by atoms with E-state index < -0.39 is 14.4 Å². The lowest BCUT2D eigenvalue weighted by Crippen LogP contribution is -2.68. The molecule has 6 nitrogen and oxygen atoms in total. The fourth-order valence-corrected chi connectivity index (χ4v) is 11.9. The smallest absolute Gasteiger partial charge is 0.250 e. The second-order valence-electron chi connectivity index (χ2n) is 20.4. The molecule has 0 amide bonds. The maximum atomic E-state index is 7.73. The van der Waals surface area contributed by atoms with Crippen LogP contribution < -0.4 is 9.16 Å². The van der Waals surface area contributed by atoms with Gasteiger partial charge in [0, 0.05) is 58.2 Å². The van der Waals surface area contributed by atoms with Crippen molar-refractivity contribution >= 4 is 30.8 Å². The first-order chi connectivity index (χ1) is 32.9. The van der Waals surface area contributed by atoms with Crippen LogP contribution in [0.5, 0.6) is 11.6 Å². The summed E-state index contributed by atoms with van der Waals surface area (Å²) in [5.41, 5.74) is 10.3. The molecule has 3 fully saturated rings. The maximum Gasteiger partial charge on any atom is 0.250 e. The molecule has 342 valence electrons. The number of pyridine rings is 1. The van der Waals surface area contributed by atoms with Crippen LogP contribution in [0.2, 0.25) is 23.3 Å². The van der Waals surface area contributed by atoms with Crippen molar-refractivity contribution in [3.8, 4) is 56.4 Å². The summed E-state index contributed by atoms with van der Waals surface area (Å²) >= 11 is 7.31. The molecule has 8 heteroatoms. The number of ether oxygens (including phenoxy) is 1. The van der Waals surface area contributed by atoms with Gasteiger partial charge in [0.15, 0.2) is 11.9 Å². The van der Waals surface area contributed by atoms with Crippen molar-refractivity contribution in [2.75, 3.05) is 13.1 Å². The van der Waals surface area contributed by atoms with Gasteiger partial charge in [0.2, 0.25) is 5.88 Å². The Kier molecular flexibility index (Phi) is 12.4. The van der Waals surface area contributed by atoms with E-state index in [-0.39, 0.29) is 11.1 Å². The molecule has 0 N–H and O–H groups in total. The molecule has 2 bridgehead atoms. The average Bonchev–Trinajstić information content (AvgIpc) is 3.36. The molecule has 0 aliphatic carbocycles. The molecule has 68 heavy (non-hydrogen) atoms. The van der Waals surface area contributed by atoms with Crippen LogP contribution in [-0.2, 0) is 6.54 Å². The Morgan fingerprint density at radius 2 is 1.32 bits per heavy atom. The molecule has 0 saturated carbocycles. The number of halogens is 1. The second-order valence-corrected chi connectivity index (χ2v) is 25.4. The van der Waals surface area contributed by atoms with Crippen molar-refractivity contribution in [3.63, 3.8) is 0 Å². The molecule has 6 aromatic carbocycles. The van der Waals surface area contributed by atoms with Crippen LogP contribution in [-0.4, -0.2) is 46.9 Å². The molecule has 5 heterocycles. The van der Waals surface area contributed by atoms with Gasteiger partial charge in [-0.1, -0.05) is 178 Å². The number of hydrogen-bond acceptors (Lipinski definition) is 5. The van der Waals surface area contributed by atoms with E-state index in [0.717, 1.165) is 92.6 Å². The third-order valence-corrected chi connectivity index (χ3v) is 19.8. The Bertz CT molecular complexity index is 3010. The molecule has 0 spiro atoms. The van der Waals surface area contributed by atoms with Crippen LogP contribution >= 0.6 is 11.6 Å². The van der Waals surface area contributed by atoms with E-state index in [4.69, 9.17) is 35.7 Å². The van der Waals surface area contributed by atoms with E-state index in [1.807, 2.05) is 54.7 Å². The van der Waals surface area contributed by atoms with Gasteiger partial charge in [0.05, 0.1) is 24.2 Å². The van der Waals surface area contributed by atoms with Gasteiger partial charge in [-0.25, -0.2) is 4.98 Å². The number of fused-ring (bicyclic) bond motifs is 4. The lowest BCUT2D eigenvalue weighted by Gasteiger charge is -2.58. The molecule has 3 aliphatic heterocycles. The van der Waals surface area contributed by atoms with Gasteiger partial charge in [-0.15, -0.1) is 6.58 Å².